The molecule has 0 saturated carbocycles. The second-order valence-electron chi connectivity index (χ2n) is 6.79. The van der Waals surface area contributed by atoms with Crippen LogP contribution in [0.5, 0.6) is 5.75 Å². The molecule has 2 aromatic carbocycles. The molecule has 2 aromatic rings. The van der Waals surface area contributed by atoms with E-state index in [1.54, 1.807) is 0 Å². The highest BCUT2D eigenvalue weighted by atomic mass is 16.5. The van der Waals surface area contributed by atoms with Gasteiger partial charge in [0.05, 0.1) is 0 Å². The van der Waals surface area contributed by atoms with Crippen molar-refractivity contribution in [1.29, 1.82) is 0 Å². The van der Waals surface area contributed by atoms with E-state index in [0.29, 0.717) is 12.6 Å². The van der Waals surface area contributed by atoms with Gasteiger partial charge in [-0.2, -0.15) is 0 Å². The van der Waals surface area contributed by atoms with E-state index in [9.17, 15) is 4.79 Å². The molecule has 0 N–H and O–H groups in total. The van der Waals surface area contributed by atoms with Gasteiger partial charge in [0.2, 0.25) is 0 Å². The summed E-state index contributed by atoms with van der Waals surface area (Å²) in [5.74, 6) is 0.901. The fourth-order valence-corrected chi connectivity index (χ4v) is 3.20. The Morgan fingerprint density at radius 1 is 1.04 bits per heavy atom. The molecule has 1 aliphatic heterocycles. The number of carbonyl (C=O) groups is 1. The number of benzene rings is 2. The first kappa shape index (κ1) is 17.5. The van der Waals surface area contributed by atoms with Crippen LogP contribution in [0.15, 0.2) is 54.6 Å². The van der Waals surface area contributed by atoms with E-state index in [1.165, 1.54) is 0 Å². The maximum atomic E-state index is 12.6. The quantitative estimate of drug-likeness (QED) is 0.837. The molecule has 0 aliphatic carbocycles. The highest BCUT2D eigenvalue weighted by molar-refractivity contribution is 5.94. The number of ether oxygens (including phenoxy) is 1. The predicted octanol–water partition coefficient (Wildman–Crippen LogP) is 3.43. The van der Waals surface area contributed by atoms with Crippen LogP contribution in [0.1, 0.15) is 28.8 Å². The molecule has 0 aromatic heterocycles. The Balaban J connectivity index is 1.54. The van der Waals surface area contributed by atoms with Crippen LogP contribution in [0.4, 0.5) is 0 Å². The van der Waals surface area contributed by atoms with Crippen molar-refractivity contribution in [3.63, 3.8) is 0 Å². The van der Waals surface area contributed by atoms with E-state index in [4.69, 9.17) is 4.74 Å². The predicted molar refractivity (Wildman–Crippen MR) is 99.8 cm³/mol. The Hall–Kier alpha value is -2.33. The molecule has 0 bridgehead atoms. The Labute approximate surface area is 150 Å². The summed E-state index contributed by atoms with van der Waals surface area (Å²) in [5.41, 5.74) is 1.86. The maximum absolute atomic E-state index is 12.6. The number of nitrogens with zero attached hydrogens (tertiary/aromatic N) is 2. The van der Waals surface area contributed by atoms with Crippen molar-refractivity contribution in [3.05, 3.63) is 65.7 Å². The molecule has 0 unspecified atom stereocenters. The van der Waals surface area contributed by atoms with Gasteiger partial charge in [-0.05, 0) is 56.8 Å². The molecule has 3 rings (SSSR count). The molecule has 4 nitrogen and oxygen atoms in total. The van der Waals surface area contributed by atoms with Crippen LogP contribution < -0.4 is 4.74 Å². The van der Waals surface area contributed by atoms with Gasteiger partial charge in [-0.15, -0.1) is 0 Å². The van der Waals surface area contributed by atoms with Crippen molar-refractivity contribution in [3.8, 4) is 5.75 Å². The lowest BCUT2D eigenvalue weighted by Gasteiger charge is -2.35. The summed E-state index contributed by atoms with van der Waals surface area (Å²) >= 11 is 0. The number of hydrogen-bond acceptors (Lipinski definition) is 3. The van der Waals surface area contributed by atoms with Gasteiger partial charge in [0, 0.05) is 24.7 Å². The van der Waals surface area contributed by atoms with Crippen molar-refractivity contribution >= 4 is 5.91 Å². The number of piperidine rings is 1. The van der Waals surface area contributed by atoms with Crippen molar-refractivity contribution in [2.45, 2.75) is 25.5 Å². The summed E-state index contributed by atoms with van der Waals surface area (Å²) in [5, 5.41) is 0. The Morgan fingerprint density at radius 2 is 1.68 bits per heavy atom. The molecule has 0 spiro atoms. The third-order valence-corrected chi connectivity index (χ3v) is 4.83. The van der Waals surface area contributed by atoms with Crippen LogP contribution in [0.25, 0.3) is 0 Å². The molecule has 1 heterocycles. The fourth-order valence-electron chi connectivity index (χ4n) is 3.20. The van der Waals surface area contributed by atoms with Gasteiger partial charge in [-0.1, -0.05) is 30.3 Å². The van der Waals surface area contributed by atoms with Crippen molar-refractivity contribution in [2.75, 3.05) is 27.2 Å². The Kier molecular flexibility index (Phi) is 5.71. The number of hydrogen-bond donors (Lipinski definition) is 0. The van der Waals surface area contributed by atoms with Crippen LogP contribution in [-0.2, 0) is 6.61 Å². The van der Waals surface area contributed by atoms with Crippen LogP contribution in [0.2, 0.25) is 0 Å². The molecule has 1 amide bonds. The second kappa shape index (κ2) is 8.17. The minimum Gasteiger partial charge on any atom is -0.489 e. The highest BCUT2D eigenvalue weighted by Crippen LogP contribution is 2.19. The van der Waals surface area contributed by atoms with E-state index in [-0.39, 0.29) is 5.91 Å². The first-order valence-electron chi connectivity index (χ1n) is 8.86. The van der Waals surface area contributed by atoms with Gasteiger partial charge in [0.1, 0.15) is 12.4 Å². The van der Waals surface area contributed by atoms with Gasteiger partial charge in [0.25, 0.3) is 5.91 Å². The standard InChI is InChI=1S/C21H26N2O2/c1-22(2)19-12-14-23(15-13-19)21(24)18-8-10-20(11-9-18)25-16-17-6-4-3-5-7-17/h3-11,19H,12-16H2,1-2H3. The van der Waals surface area contributed by atoms with Gasteiger partial charge >= 0.3 is 0 Å². The molecule has 1 aliphatic rings. The Bertz CT molecular complexity index is 675. The van der Waals surface area contributed by atoms with Crippen LogP contribution in [0.3, 0.4) is 0 Å². The molecule has 25 heavy (non-hydrogen) atoms. The summed E-state index contributed by atoms with van der Waals surface area (Å²) in [6, 6.07) is 18.1. The number of amides is 1. The molecule has 1 fully saturated rings. The smallest absolute Gasteiger partial charge is 0.253 e. The van der Waals surface area contributed by atoms with E-state index >= 15 is 0 Å². The van der Waals surface area contributed by atoms with E-state index in [0.717, 1.165) is 42.8 Å². The SMILES string of the molecule is CN(C)C1CCN(C(=O)c2ccc(OCc3ccccc3)cc2)CC1. The fraction of sp³-hybridized carbons (Fsp3) is 0.381. The topological polar surface area (TPSA) is 32.8 Å². The number of likely N-dealkylation sites (tertiary alicyclic amines) is 1. The highest BCUT2D eigenvalue weighted by Gasteiger charge is 2.24. The largest absolute Gasteiger partial charge is 0.489 e. The average Bonchev–Trinajstić information content (AvgIpc) is 2.67. The summed E-state index contributed by atoms with van der Waals surface area (Å²) < 4.78 is 5.78. The molecule has 132 valence electrons. The van der Waals surface area contributed by atoms with Gasteiger partial charge in [-0.25, -0.2) is 0 Å². The first-order valence-corrected chi connectivity index (χ1v) is 8.86. The van der Waals surface area contributed by atoms with Crippen molar-refractivity contribution in [2.24, 2.45) is 0 Å². The van der Waals surface area contributed by atoms with Crippen molar-refractivity contribution < 1.29 is 9.53 Å². The van der Waals surface area contributed by atoms with Gasteiger partial charge < -0.3 is 14.5 Å². The second-order valence-corrected chi connectivity index (χ2v) is 6.79. The average molecular weight is 338 g/mol. The van der Waals surface area contributed by atoms with Gasteiger partial charge in [0.15, 0.2) is 0 Å². The lowest BCUT2D eigenvalue weighted by Crippen LogP contribution is -2.44. The molecule has 0 atom stereocenters. The molecule has 1 saturated heterocycles. The summed E-state index contributed by atoms with van der Waals surface area (Å²) in [7, 11) is 4.21. The van der Waals surface area contributed by atoms with Crippen LogP contribution in [0, 0.1) is 0 Å². The third kappa shape index (κ3) is 4.60. The van der Waals surface area contributed by atoms with E-state index in [1.807, 2.05) is 59.5 Å². The van der Waals surface area contributed by atoms with E-state index < -0.39 is 0 Å². The zero-order valence-electron chi connectivity index (χ0n) is 15.0. The van der Waals surface area contributed by atoms with E-state index in [2.05, 4.69) is 19.0 Å². The number of carbonyl (C=O) groups excluding carboxylic acids is 1. The summed E-state index contributed by atoms with van der Waals surface area (Å²) in [6.07, 6.45) is 2.08. The number of rotatable bonds is 5. The normalized spacial score (nSPS) is 15.4. The van der Waals surface area contributed by atoms with Crippen LogP contribution >= 0.6 is 0 Å². The first-order chi connectivity index (χ1) is 12.1. The lowest BCUT2D eigenvalue weighted by molar-refractivity contribution is 0.0663. The minimum atomic E-state index is 0.117. The molecule has 0 radical (unpaired) electrons. The summed E-state index contributed by atoms with van der Waals surface area (Å²) in [6.45, 7) is 2.19. The Morgan fingerprint density at radius 3 is 2.28 bits per heavy atom. The molecular formula is C21H26N2O2. The monoisotopic (exact) mass is 338 g/mol. The zero-order valence-corrected chi connectivity index (χ0v) is 15.0. The van der Waals surface area contributed by atoms with Crippen molar-refractivity contribution in [1.82, 2.24) is 9.80 Å². The molecule has 4 heteroatoms. The zero-order chi connectivity index (χ0) is 17.6. The third-order valence-electron chi connectivity index (χ3n) is 4.83. The van der Waals surface area contributed by atoms with Crippen LogP contribution in [-0.4, -0.2) is 48.9 Å². The maximum Gasteiger partial charge on any atom is 0.253 e. The molecular weight excluding hydrogens is 312 g/mol. The lowest BCUT2D eigenvalue weighted by atomic mass is 10.0. The minimum absolute atomic E-state index is 0.117. The summed E-state index contributed by atoms with van der Waals surface area (Å²) in [4.78, 5) is 16.8. The van der Waals surface area contributed by atoms with Gasteiger partial charge in [-0.3, -0.25) is 4.79 Å².